The highest BCUT2D eigenvalue weighted by atomic mass is 16.5. The molecule has 0 radical (unpaired) electrons. The van der Waals surface area contributed by atoms with Gasteiger partial charge in [-0.25, -0.2) is 4.98 Å². The van der Waals surface area contributed by atoms with Gasteiger partial charge in [-0.1, -0.05) is 30.3 Å². The average Bonchev–Trinajstić information content (AvgIpc) is 3.22. The number of ether oxygens (including phenoxy) is 1. The highest BCUT2D eigenvalue weighted by Crippen LogP contribution is 2.30. The van der Waals surface area contributed by atoms with Gasteiger partial charge in [-0.15, -0.1) is 0 Å². The van der Waals surface area contributed by atoms with Gasteiger partial charge in [0.2, 0.25) is 11.8 Å². The molecule has 0 unspecified atom stereocenters. The second kappa shape index (κ2) is 9.38. The highest BCUT2D eigenvalue weighted by Gasteiger charge is 2.13. The number of nitrogens with zero attached hydrogens (tertiary/aromatic N) is 4. The minimum Gasteiger partial charge on any atom is -0.473 e. The Balaban J connectivity index is 0.00000144. The lowest BCUT2D eigenvalue weighted by atomic mass is 10.0. The number of nitrogens with one attached hydrogen (secondary N) is 2. The van der Waals surface area contributed by atoms with Crippen LogP contribution in [-0.4, -0.2) is 42.0 Å². The lowest BCUT2D eigenvalue weighted by Gasteiger charge is -2.12. The summed E-state index contributed by atoms with van der Waals surface area (Å²) in [6, 6.07) is 18.3. The Bertz CT molecular complexity index is 1340. The van der Waals surface area contributed by atoms with E-state index in [9.17, 15) is 0 Å². The second-order valence-electron chi connectivity index (χ2n) is 7.20. The largest absolute Gasteiger partial charge is 0.473 e. The van der Waals surface area contributed by atoms with E-state index in [4.69, 9.17) is 4.74 Å². The molecule has 9 heteroatoms. The molecule has 0 aliphatic rings. The third-order valence-corrected chi connectivity index (χ3v) is 4.68. The number of hydrogen-bond donors (Lipinski definition) is 2. The van der Waals surface area contributed by atoms with E-state index < -0.39 is 0 Å². The molecule has 6 N–H and O–H groups in total. The summed E-state index contributed by atoms with van der Waals surface area (Å²) in [5.74, 6) is 0.900. The van der Waals surface area contributed by atoms with Crippen LogP contribution < -0.4 is 10.1 Å². The van der Waals surface area contributed by atoms with Crippen molar-refractivity contribution in [2.75, 3.05) is 5.32 Å². The van der Waals surface area contributed by atoms with Crippen LogP contribution in [0.4, 0.5) is 11.6 Å². The van der Waals surface area contributed by atoms with Crippen molar-refractivity contribution in [2.24, 2.45) is 0 Å². The Labute approximate surface area is 184 Å². The van der Waals surface area contributed by atoms with Crippen molar-refractivity contribution in [1.82, 2.24) is 24.9 Å². The SMILES string of the molecule is CC(C)Oc1nc(Nc2ccc3nccc(-c4ccccc4)c3c2)nc2nc[nH]c12.O.O. The maximum Gasteiger partial charge on any atom is 0.245 e. The van der Waals surface area contributed by atoms with E-state index in [2.05, 4.69) is 48.4 Å². The summed E-state index contributed by atoms with van der Waals surface area (Å²) in [6.07, 6.45) is 3.41. The van der Waals surface area contributed by atoms with E-state index in [1.54, 1.807) is 6.33 Å². The molecule has 9 nitrogen and oxygen atoms in total. The predicted octanol–water partition coefficient (Wildman–Crippen LogP) is 3.45. The molecule has 3 heterocycles. The van der Waals surface area contributed by atoms with E-state index in [0.29, 0.717) is 23.0 Å². The van der Waals surface area contributed by atoms with Gasteiger partial charge < -0.3 is 26.0 Å². The van der Waals surface area contributed by atoms with Crippen molar-refractivity contribution in [3.63, 3.8) is 0 Å². The van der Waals surface area contributed by atoms with Crippen molar-refractivity contribution in [3.05, 3.63) is 67.1 Å². The van der Waals surface area contributed by atoms with Crippen molar-refractivity contribution in [2.45, 2.75) is 20.0 Å². The molecule has 3 aromatic heterocycles. The van der Waals surface area contributed by atoms with Gasteiger partial charge in [0.15, 0.2) is 5.65 Å². The fourth-order valence-corrected chi connectivity index (χ4v) is 3.39. The monoisotopic (exact) mass is 432 g/mol. The van der Waals surface area contributed by atoms with Gasteiger partial charge in [0.05, 0.1) is 17.9 Å². The van der Waals surface area contributed by atoms with Crippen LogP contribution in [0.1, 0.15) is 13.8 Å². The number of aromatic amines is 1. The summed E-state index contributed by atoms with van der Waals surface area (Å²) in [5, 5.41) is 4.34. The quantitative estimate of drug-likeness (QED) is 0.434. The van der Waals surface area contributed by atoms with E-state index in [1.165, 1.54) is 0 Å². The summed E-state index contributed by atoms with van der Waals surface area (Å²) >= 11 is 0. The summed E-state index contributed by atoms with van der Waals surface area (Å²) in [4.78, 5) is 20.8. The number of imidazole rings is 1. The summed E-state index contributed by atoms with van der Waals surface area (Å²) in [5.41, 5.74) is 5.28. The Kier molecular flexibility index (Phi) is 6.62. The number of anilines is 2. The lowest BCUT2D eigenvalue weighted by molar-refractivity contribution is 0.235. The van der Waals surface area contributed by atoms with E-state index >= 15 is 0 Å². The topological polar surface area (TPSA) is 152 Å². The highest BCUT2D eigenvalue weighted by molar-refractivity contribution is 5.96. The minimum atomic E-state index is -0.0144. The van der Waals surface area contributed by atoms with Gasteiger partial charge in [0, 0.05) is 17.3 Å². The van der Waals surface area contributed by atoms with Crippen LogP contribution in [0.3, 0.4) is 0 Å². The number of pyridine rings is 1. The van der Waals surface area contributed by atoms with Gasteiger partial charge in [-0.2, -0.15) is 9.97 Å². The molecule has 0 saturated carbocycles. The van der Waals surface area contributed by atoms with Crippen molar-refractivity contribution >= 4 is 33.7 Å². The number of fused-ring (bicyclic) bond motifs is 2. The number of rotatable bonds is 5. The van der Waals surface area contributed by atoms with Gasteiger partial charge in [0.1, 0.15) is 5.52 Å². The zero-order valence-corrected chi connectivity index (χ0v) is 17.6. The number of H-pyrrole nitrogens is 1. The van der Waals surface area contributed by atoms with Crippen LogP contribution in [0.15, 0.2) is 67.1 Å². The second-order valence-corrected chi connectivity index (χ2v) is 7.20. The van der Waals surface area contributed by atoms with Crippen LogP contribution in [0.25, 0.3) is 33.2 Å². The van der Waals surface area contributed by atoms with Gasteiger partial charge in [-0.05, 0) is 49.2 Å². The summed E-state index contributed by atoms with van der Waals surface area (Å²) < 4.78 is 5.84. The molecule has 0 fully saturated rings. The maximum absolute atomic E-state index is 5.84. The predicted molar refractivity (Wildman–Crippen MR) is 125 cm³/mol. The Morgan fingerprint density at radius 1 is 0.938 bits per heavy atom. The molecule has 0 aliphatic carbocycles. The molecular weight excluding hydrogens is 408 g/mol. The number of hydrogen-bond acceptors (Lipinski definition) is 6. The lowest BCUT2D eigenvalue weighted by Crippen LogP contribution is -2.09. The van der Waals surface area contributed by atoms with E-state index in [1.807, 2.05) is 56.4 Å². The standard InChI is InChI=1S/C23H20N6O.2H2O/c1-14(2)30-22-20-21(26-13-25-20)28-23(29-22)27-16-8-9-19-18(12-16)17(10-11-24-19)15-6-4-3-5-7-15;;/h3-14H,1-2H3,(H2,25,26,27,28,29);2*1H2. The van der Waals surface area contributed by atoms with Gasteiger partial charge in [-0.3, -0.25) is 4.98 Å². The fourth-order valence-electron chi connectivity index (χ4n) is 3.39. The first-order chi connectivity index (χ1) is 14.7. The smallest absolute Gasteiger partial charge is 0.245 e. The van der Waals surface area contributed by atoms with Crippen molar-refractivity contribution in [1.29, 1.82) is 0 Å². The molecule has 0 saturated heterocycles. The fraction of sp³-hybridized carbons (Fsp3) is 0.130. The Hall–Kier alpha value is -4.08. The summed E-state index contributed by atoms with van der Waals surface area (Å²) in [6.45, 7) is 3.91. The molecule has 5 aromatic rings. The van der Waals surface area contributed by atoms with Crippen LogP contribution in [-0.2, 0) is 0 Å². The molecule has 5 rings (SSSR count). The zero-order chi connectivity index (χ0) is 20.5. The molecule has 0 bridgehead atoms. The minimum absolute atomic E-state index is 0. The van der Waals surface area contributed by atoms with Gasteiger partial charge in [0.25, 0.3) is 0 Å². The summed E-state index contributed by atoms with van der Waals surface area (Å²) in [7, 11) is 0. The van der Waals surface area contributed by atoms with Crippen LogP contribution in [0, 0.1) is 0 Å². The first-order valence-electron chi connectivity index (χ1n) is 9.76. The first kappa shape index (κ1) is 22.6. The molecule has 164 valence electrons. The van der Waals surface area contributed by atoms with Crippen LogP contribution in [0.2, 0.25) is 0 Å². The molecule has 2 aromatic carbocycles. The maximum atomic E-state index is 5.84. The van der Waals surface area contributed by atoms with Crippen LogP contribution in [0.5, 0.6) is 5.88 Å². The Morgan fingerprint density at radius 2 is 1.75 bits per heavy atom. The molecule has 0 atom stereocenters. The van der Waals surface area contributed by atoms with E-state index in [-0.39, 0.29) is 17.1 Å². The van der Waals surface area contributed by atoms with Gasteiger partial charge >= 0.3 is 0 Å². The zero-order valence-electron chi connectivity index (χ0n) is 17.6. The number of benzene rings is 2. The van der Waals surface area contributed by atoms with Crippen molar-refractivity contribution < 1.29 is 15.7 Å². The molecular formula is C23H24N6O3. The average molecular weight is 432 g/mol. The number of aromatic nitrogens is 5. The molecule has 0 amide bonds. The molecule has 0 aliphatic heterocycles. The molecule has 32 heavy (non-hydrogen) atoms. The van der Waals surface area contributed by atoms with Crippen LogP contribution >= 0.6 is 0 Å². The third kappa shape index (κ3) is 4.34. The van der Waals surface area contributed by atoms with Crippen molar-refractivity contribution in [3.8, 4) is 17.0 Å². The van der Waals surface area contributed by atoms with E-state index in [0.717, 1.165) is 27.7 Å². The third-order valence-electron chi connectivity index (χ3n) is 4.68. The molecule has 0 spiro atoms. The normalized spacial score (nSPS) is 10.6. The Morgan fingerprint density at radius 3 is 2.53 bits per heavy atom. The first-order valence-corrected chi connectivity index (χ1v) is 9.76.